The van der Waals surface area contributed by atoms with E-state index in [2.05, 4.69) is 5.32 Å². The van der Waals surface area contributed by atoms with Crippen molar-refractivity contribution in [2.24, 2.45) is 5.41 Å². The Morgan fingerprint density at radius 3 is 2.52 bits per heavy atom. The number of nitrogens with one attached hydrogen (secondary N) is 1. The highest BCUT2D eigenvalue weighted by atomic mass is 35.5. The molecule has 23 heavy (non-hydrogen) atoms. The number of halogens is 2. The Bertz CT molecular complexity index is 582. The van der Waals surface area contributed by atoms with Crippen molar-refractivity contribution in [1.82, 2.24) is 10.2 Å². The number of benzene rings is 1. The summed E-state index contributed by atoms with van der Waals surface area (Å²) in [4.78, 5) is 26.4. The molecule has 0 aromatic heterocycles. The normalized spacial score (nSPS) is 16.3. The number of carbonyl (C=O) groups excluding carboxylic acids is 2. The number of rotatable bonds is 4. The van der Waals surface area contributed by atoms with Gasteiger partial charge in [-0.15, -0.1) is 11.6 Å². The van der Waals surface area contributed by atoms with E-state index in [4.69, 9.17) is 23.2 Å². The predicted octanol–water partition coefficient (Wildman–Crippen LogP) is 3.33. The molecule has 126 valence electrons. The van der Waals surface area contributed by atoms with Gasteiger partial charge in [-0.3, -0.25) is 9.59 Å². The fourth-order valence-corrected chi connectivity index (χ4v) is 2.92. The van der Waals surface area contributed by atoms with E-state index in [1.807, 2.05) is 18.7 Å². The van der Waals surface area contributed by atoms with Gasteiger partial charge in [-0.1, -0.05) is 17.7 Å². The highest BCUT2D eigenvalue weighted by Gasteiger charge is 2.33. The van der Waals surface area contributed by atoms with E-state index in [-0.39, 0.29) is 17.9 Å². The van der Waals surface area contributed by atoms with E-state index < -0.39 is 5.41 Å². The fourth-order valence-electron chi connectivity index (χ4n) is 2.61. The lowest BCUT2D eigenvalue weighted by molar-refractivity contribution is -0.140. The second kappa shape index (κ2) is 7.54. The number of amides is 2. The van der Waals surface area contributed by atoms with E-state index in [0.29, 0.717) is 29.6 Å². The minimum absolute atomic E-state index is 0.0737. The first-order valence-corrected chi connectivity index (χ1v) is 8.66. The van der Waals surface area contributed by atoms with Crippen LogP contribution in [0.1, 0.15) is 37.0 Å². The number of alkyl halides is 1. The molecule has 1 aromatic rings. The highest BCUT2D eigenvalue weighted by molar-refractivity contribution is 6.30. The molecular formula is C17H22Cl2N2O2. The van der Waals surface area contributed by atoms with Gasteiger partial charge in [0.05, 0.1) is 5.41 Å². The van der Waals surface area contributed by atoms with Crippen molar-refractivity contribution in [3.05, 3.63) is 34.9 Å². The highest BCUT2D eigenvalue weighted by Crippen LogP contribution is 2.23. The van der Waals surface area contributed by atoms with Gasteiger partial charge in [0, 0.05) is 35.6 Å². The zero-order chi connectivity index (χ0) is 17.0. The van der Waals surface area contributed by atoms with Crippen LogP contribution in [0, 0.1) is 5.41 Å². The Morgan fingerprint density at radius 1 is 1.30 bits per heavy atom. The number of nitrogens with zero attached hydrogens (tertiary/aromatic N) is 1. The molecule has 1 fully saturated rings. The van der Waals surface area contributed by atoms with Crippen LogP contribution in [0.15, 0.2) is 24.3 Å². The van der Waals surface area contributed by atoms with E-state index in [0.717, 1.165) is 12.8 Å². The monoisotopic (exact) mass is 356 g/mol. The molecular weight excluding hydrogens is 335 g/mol. The smallest absolute Gasteiger partial charge is 0.251 e. The number of likely N-dealkylation sites (tertiary alicyclic amines) is 1. The second-order valence-electron chi connectivity index (χ2n) is 6.57. The van der Waals surface area contributed by atoms with Crippen LogP contribution in [-0.4, -0.2) is 41.7 Å². The van der Waals surface area contributed by atoms with Crippen LogP contribution in [0.5, 0.6) is 0 Å². The van der Waals surface area contributed by atoms with Crippen molar-refractivity contribution in [3.63, 3.8) is 0 Å². The van der Waals surface area contributed by atoms with Gasteiger partial charge in [0.1, 0.15) is 0 Å². The Hall–Kier alpha value is -1.26. The number of piperidine rings is 1. The van der Waals surface area contributed by atoms with Gasteiger partial charge < -0.3 is 10.2 Å². The van der Waals surface area contributed by atoms with Crippen LogP contribution in [0.3, 0.4) is 0 Å². The minimum atomic E-state index is -0.543. The standard InChI is InChI=1S/C17H22Cl2N2O2/c1-17(2,11-18)16(23)21-8-6-14(7-9-21)20-15(22)12-4-3-5-13(19)10-12/h3-5,10,14H,6-9,11H2,1-2H3,(H,20,22). The summed E-state index contributed by atoms with van der Waals surface area (Å²) in [6, 6.07) is 6.96. The van der Waals surface area contributed by atoms with Gasteiger partial charge in [0.25, 0.3) is 5.91 Å². The lowest BCUT2D eigenvalue weighted by atomic mass is 9.92. The Labute approximate surface area is 147 Å². The Kier molecular flexibility index (Phi) is 5.93. The Morgan fingerprint density at radius 2 is 1.96 bits per heavy atom. The van der Waals surface area contributed by atoms with E-state index >= 15 is 0 Å². The summed E-state index contributed by atoms with van der Waals surface area (Å²) in [7, 11) is 0. The zero-order valence-electron chi connectivity index (χ0n) is 13.4. The number of hydrogen-bond donors (Lipinski definition) is 1. The summed E-state index contributed by atoms with van der Waals surface area (Å²) < 4.78 is 0. The largest absolute Gasteiger partial charge is 0.349 e. The van der Waals surface area contributed by atoms with Crippen LogP contribution in [0.2, 0.25) is 5.02 Å². The van der Waals surface area contributed by atoms with Crippen LogP contribution in [0.4, 0.5) is 0 Å². The summed E-state index contributed by atoms with van der Waals surface area (Å²) in [6.45, 7) is 4.99. The van der Waals surface area contributed by atoms with E-state index in [9.17, 15) is 9.59 Å². The third-order valence-corrected chi connectivity index (χ3v) is 5.02. The van der Waals surface area contributed by atoms with E-state index in [1.54, 1.807) is 24.3 Å². The molecule has 1 aromatic carbocycles. The molecule has 0 radical (unpaired) electrons. The molecule has 0 unspecified atom stereocenters. The first-order valence-electron chi connectivity index (χ1n) is 7.75. The van der Waals surface area contributed by atoms with Crippen LogP contribution in [-0.2, 0) is 4.79 Å². The quantitative estimate of drug-likeness (QED) is 0.841. The van der Waals surface area contributed by atoms with Crippen molar-refractivity contribution < 1.29 is 9.59 Å². The topological polar surface area (TPSA) is 49.4 Å². The summed E-state index contributed by atoms with van der Waals surface area (Å²) in [6.07, 6.45) is 1.49. The molecule has 1 heterocycles. The van der Waals surface area contributed by atoms with Gasteiger partial charge in [0.15, 0.2) is 0 Å². The molecule has 2 amide bonds. The number of carbonyl (C=O) groups is 2. The Balaban J connectivity index is 1.88. The van der Waals surface area contributed by atoms with Crippen LogP contribution in [0.25, 0.3) is 0 Å². The molecule has 0 spiro atoms. The summed E-state index contributed by atoms with van der Waals surface area (Å²) in [5.41, 5.74) is 0.0117. The molecule has 1 aliphatic rings. The lowest BCUT2D eigenvalue weighted by Crippen LogP contribution is -2.50. The third kappa shape index (κ3) is 4.61. The average Bonchev–Trinajstić information content (AvgIpc) is 2.55. The molecule has 1 saturated heterocycles. The molecule has 0 saturated carbocycles. The maximum absolute atomic E-state index is 12.4. The molecule has 0 aliphatic carbocycles. The molecule has 6 heteroatoms. The number of hydrogen-bond acceptors (Lipinski definition) is 2. The fraction of sp³-hybridized carbons (Fsp3) is 0.529. The first-order chi connectivity index (χ1) is 10.8. The maximum atomic E-state index is 12.4. The summed E-state index contributed by atoms with van der Waals surface area (Å²) >= 11 is 11.8. The average molecular weight is 357 g/mol. The van der Waals surface area contributed by atoms with Gasteiger partial charge in [0.2, 0.25) is 5.91 Å². The summed E-state index contributed by atoms with van der Waals surface area (Å²) in [5, 5.41) is 3.56. The maximum Gasteiger partial charge on any atom is 0.251 e. The van der Waals surface area contributed by atoms with Crippen molar-refractivity contribution in [2.75, 3.05) is 19.0 Å². The van der Waals surface area contributed by atoms with Gasteiger partial charge in [-0.05, 0) is 44.9 Å². The van der Waals surface area contributed by atoms with E-state index in [1.165, 1.54) is 0 Å². The molecule has 0 atom stereocenters. The molecule has 0 bridgehead atoms. The van der Waals surface area contributed by atoms with Crippen molar-refractivity contribution in [1.29, 1.82) is 0 Å². The first kappa shape index (κ1) is 18.1. The predicted molar refractivity (Wildman–Crippen MR) is 93.0 cm³/mol. The summed E-state index contributed by atoms with van der Waals surface area (Å²) in [5.74, 6) is 0.252. The lowest BCUT2D eigenvalue weighted by Gasteiger charge is -2.36. The van der Waals surface area contributed by atoms with Crippen molar-refractivity contribution >= 4 is 35.0 Å². The second-order valence-corrected chi connectivity index (χ2v) is 7.27. The molecule has 2 rings (SSSR count). The van der Waals surface area contributed by atoms with Crippen LogP contribution >= 0.6 is 23.2 Å². The van der Waals surface area contributed by atoms with Crippen molar-refractivity contribution in [2.45, 2.75) is 32.7 Å². The van der Waals surface area contributed by atoms with Crippen molar-refractivity contribution in [3.8, 4) is 0 Å². The molecule has 4 nitrogen and oxygen atoms in total. The van der Waals surface area contributed by atoms with Gasteiger partial charge in [-0.2, -0.15) is 0 Å². The molecule has 1 N–H and O–H groups in total. The minimum Gasteiger partial charge on any atom is -0.349 e. The third-order valence-electron chi connectivity index (χ3n) is 4.12. The zero-order valence-corrected chi connectivity index (χ0v) is 15.0. The van der Waals surface area contributed by atoms with Gasteiger partial charge in [-0.25, -0.2) is 0 Å². The van der Waals surface area contributed by atoms with Crippen LogP contribution < -0.4 is 5.32 Å². The SMILES string of the molecule is CC(C)(CCl)C(=O)N1CCC(NC(=O)c2cccc(Cl)c2)CC1. The van der Waals surface area contributed by atoms with Gasteiger partial charge >= 0.3 is 0 Å². The molecule has 1 aliphatic heterocycles.